The van der Waals surface area contributed by atoms with Crippen LogP contribution >= 0.6 is 0 Å². The molecule has 1 saturated heterocycles. The number of esters is 1. The zero-order valence-corrected chi connectivity index (χ0v) is 14.7. The minimum Gasteiger partial charge on any atom is -0.467 e. The van der Waals surface area contributed by atoms with Gasteiger partial charge in [-0.3, -0.25) is 19.5 Å². The van der Waals surface area contributed by atoms with E-state index in [-0.39, 0.29) is 18.4 Å². The van der Waals surface area contributed by atoms with Gasteiger partial charge in [0.25, 0.3) is 0 Å². The van der Waals surface area contributed by atoms with Gasteiger partial charge in [-0.15, -0.1) is 0 Å². The van der Waals surface area contributed by atoms with Crippen LogP contribution in [0.25, 0.3) is 0 Å². The summed E-state index contributed by atoms with van der Waals surface area (Å²) in [5, 5.41) is 0. The van der Waals surface area contributed by atoms with E-state index in [4.69, 9.17) is 4.74 Å². The Morgan fingerprint density at radius 3 is 2.26 bits per heavy atom. The molecule has 6 heteroatoms. The van der Waals surface area contributed by atoms with E-state index in [2.05, 4.69) is 4.99 Å². The van der Waals surface area contributed by atoms with Crippen LogP contribution in [0.4, 0.5) is 0 Å². The van der Waals surface area contributed by atoms with Crippen LogP contribution in [-0.2, 0) is 25.7 Å². The number of nitrogens with zero attached hydrogens (tertiary/aromatic N) is 2. The van der Waals surface area contributed by atoms with E-state index in [1.165, 1.54) is 12.0 Å². The molecule has 27 heavy (non-hydrogen) atoms. The number of hydrogen-bond donors (Lipinski definition) is 0. The fraction of sp³-hybridized carbons (Fsp3) is 0.238. The minimum atomic E-state index is -0.993. The number of rotatable bonds is 4. The molecule has 0 unspecified atom stereocenters. The molecule has 2 aromatic rings. The van der Waals surface area contributed by atoms with Crippen LogP contribution in [0.5, 0.6) is 0 Å². The van der Waals surface area contributed by atoms with Gasteiger partial charge < -0.3 is 4.74 Å². The summed E-state index contributed by atoms with van der Waals surface area (Å²) in [6, 6.07) is 17.5. The molecule has 0 spiro atoms. The Kier molecular flexibility index (Phi) is 4.32. The first kappa shape index (κ1) is 17.1. The van der Waals surface area contributed by atoms with Crippen LogP contribution in [0.15, 0.2) is 65.7 Å². The number of carbonyl (C=O) groups excluding carboxylic acids is 3. The van der Waals surface area contributed by atoms with Crippen LogP contribution in [0.1, 0.15) is 11.1 Å². The van der Waals surface area contributed by atoms with Crippen LogP contribution in [0.3, 0.4) is 0 Å². The fourth-order valence-electron chi connectivity index (χ4n) is 3.77. The number of likely N-dealkylation sites (tertiary alicyclic amines) is 1. The fourth-order valence-corrected chi connectivity index (χ4v) is 3.77. The van der Waals surface area contributed by atoms with E-state index < -0.39 is 23.8 Å². The summed E-state index contributed by atoms with van der Waals surface area (Å²) < 4.78 is 4.84. The molecule has 2 aliphatic rings. The normalized spacial score (nSPS) is 24.0. The number of imide groups is 1. The highest BCUT2D eigenvalue weighted by atomic mass is 16.5. The molecular weight excluding hydrogens is 344 g/mol. The van der Waals surface area contributed by atoms with Crippen molar-refractivity contribution in [2.24, 2.45) is 16.8 Å². The van der Waals surface area contributed by atoms with Crippen molar-refractivity contribution in [1.29, 1.82) is 0 Å². The van der Waals surface area contributed by atoms with Crippen molar-refractivity contribution in [2.45, 2.75) is 12.6 Å². The van der Waals surface area contributed by atoms with Crippen LogP contribution in [0, 0.1) is 11.8 Å². The smallest absolute Gasteiger partial charge is 0.331 e. The third-order valence-corrected chi connectivity index (χ3v) is 5.05. The highest BCUT2D eigenvalue weighted by molar-refractivity contribution is 6.24. The zero-order valence-electron chi connectivity index (χ0n) is 14.7. The average molecular weight is 362 g/mol. The molecule has 0 N–H and O–H groups in total. The maximum atomic E-state index is 13.1. The monoisotopic (exact) mass is 362 g/mol. The molecule has 2 amide bonds. The van der Waals surface area contributed by atoms with Crippen molar-refractivity contribution < 1.29 is 19.1 Å². The van der Waals surface area contributed by atoms with E-state index in [1.54, 1.807) is 0 Å². The molecule has 2 aliphatic heterocycles. The van der Waals surface area contributed by atoms with Gasteiger partial charge in [-0.2, -0.15) is 0 Å². The van der Waals surface area contributed by atoms with E-state index in [0.717, 1.165) is 11.1 Å². The third-order valence-electron chi connectivity index (χ3n) is 5.05. The van der Waals surface area contributed by atoms with Crippen LogP contribution < -0.4 is 0 Å². The lowest BCUT2D eigenvalue weighted by Crippen LogP contribution is -2.36. The summed E-state index contributed by atoms with van der Waals surface area (Å²) in [4.78, 5) is 44.1. The highest BCUT2D eigenvalue weighted by Crippen LogP contribution is 2.39. The van der Waals surface area contributed by atoms with Crippen LogP contribution in [0.2, 0.25) is 0 Å². The molecule has 3 atom stereocenters. The molecule has 0 saturated carbocycles. The summed E-state index contributed by atoms with van der Waals surface area (Å²) in [6.45, 7) is 0.182. The molecule has 0 aromatic heterocycles. The number of ether oxygens (including phenoxy) is 1. The second-order valence-electron chi connectivity index (χ2n) is 6.60. The van der Waals surface area contributed by atoms with Gasteiger partial charge in [0, 0.05) is 0 Å². The molecule has 0 aliphatic carbocycles. The molecule has 2 heterocycles. The van der Waals surface area contributed by atoms with Crippen molar-refractivity contribution in [2.75, 3.05) is 7.11 Å². The lowest BCUT2D eigenvalue weighted by atomic mass is 9.86. The Hall–Kier alpha value is -3.28. The number of amides is 2. The first-order chi connectivity index (χ1) is 13.1. The third kappa shape index (κ3) is 2.83. The standard InChI is InChI=1S/C21H18N2O4/c1-27-21(26)18-16-15(17(22-18)14-10-6-3-7-11-14)19(24)23(20(16)25)12-13-8-4-2-5-9-13/h2-11,15-16,18H,12H2,1H3/t15-,16+,18+/m0/s1. The Morgan fingerprint density at radius 1 is 1.00 bits per heavy atom. The van der Waals surface area contributed by atoms with E-state index >= 15 is 0 Å². The molecule has 1 fully saturated rings. The maximum absolute atomic E-state index is 13.1. The second-order valence-corrected chi connectivity index (χ2v) is 6.60. The average Bonchev–Trinajstić information content (AvgIpc) is 3.22. The lowest BCUT2D eigenvalue weighted by molar-refractivity contribution is -0.147. The van der Waals surface area contributed by atoms with Gasteiger partial charge in [-0.25, -0.2) is 4.79 Å². The summed E-state index contributed by atoms with van der Waals surface area (Å²) in [7, 11) is 1.26. The van der Waals surface area contributed by atoms with E-state index in [0.29, 0.717) is 5.71 Å². The Labute approximate surface area is 156 Å². The van der Waals surface area contributed by atoms with Gasteiger partial charge >= 0.3 is 5.97 Å². The predicted octanol–water partition coefficient (Wildman–Crippen LogP) is 1.83. The molecule has 0 bridgehead atoms. The minimum absolute atomic E-state index is 0.182. The number of fused-ring (bicyclic) bond motifs is 1. The van der Waals surface area contributed by atoms with Crippen molar-refractivity contribution in [1.82, 2.24) is 4.90 Å². The van der Waals surface area contributed by atoms with Crippen LogP contribution in [-0.4, -0.2) is 41.5 Å². The Balaban J connectivity index is 1.72. The number of hydrogen-bond acceptors (Lipinski definition) is 5. The maximum Gasteiger partial charge on any atom is 0.331 e. The molecule has 136 valence electrons. The van der Waals surface area contributed by atoms with Gasteiger partial charge in [-0.1, -0.05) is 60.7 Å². The van der Waals surface area contributed by atoms with Gasteiger partial charge in [0.05, 0.1) is 31.2 Å². The highest BCUT2D eigenvalue weighted by Gasteiger charge is 2.58. The molecule has 6 nitrogen and oxygen atoms in total. The largest absolute Gasteiger partial charge is 0.467 e. The summed E-state index contributed by atoms with van der Waals surface area (Å²) in [6.07, 6.45) is 0. The first-order valence-electron chi connectivity index (χ1n) is 8.72. The molecule has 2 aromatic carbocycles. The van der Waals surface area contributed by atoms with Gasteiger partial charge in [0.15, 0.2) is 6.04 Å². The SMILES string of the molecule is COC(=O)[C@@H]1N=C(c2ccccc2)[C@H]2C(=O)N(Cc3ccccc3)C(=O)[C@H]21. The molecule has 0 radical (unpaired) electrons. The number of aliphatic imine (C=N–C) groups is 1. The second kappa shape index (κ2) is 6.79. The Morgan fingerprint density at radius 2 is 1.63 bits per heavy atom. The summed E-state index contributed by atoms with van der Waals surface area (Å²) >= 11 is 0. The molecular formula is C21H18N2O4. The predicted molar refractivity (Wildman–Crippen MR) is 97.8 cm³/mol. The first-order valence-corrected chi connectivity index (χ1v) is 8.72. The van der Waals surface area contributed by atoms with E-state index in [9.17, 15) is 14.4 Å². The quantitative estimate of drug-likeness (QED) is 0.614. The zero-order chi connectivity index (χ0) is 19.0. The number of methoxy groups -OCH3 is 1. The summed E-state index contributed by atoms with van der Waals surface area (Å²) in [5.74, 6) is -2.89. The topological polar surface area (TPSA) is 76.0 Å². The van der Waals surface area contributed by atoms with Crippen molar-refractivity contribution in [3.63, 3.8) is 0 Å². The Bertz CT molecular complexity index is 924. The van der Waals surface area contributed by atoms with Crippen molar-refractivity contribution >= 4 is 23.5 Å². The number of carbonyl (C=O) groups is 3. The van der Waals surface area contributed by atoms with Crippen molar-refractivity contribution in [3.05, 3.63) is 71.8 Å². The van der Waals surface area contributed by atoms with E-state index in [1.807, 2.05) is 60.7 Å². The lowest BCUT2D eigenvalue weighted by Gasteiger charge is -2.17. The molecule has 4 rings (SSSR count). The van der Waals surface area contributed by atoms with Gasteiger partial charge in [0.1, 0.15) is 0 Å². The van der Waals surface area contributed by atoms with Gasteiger partial charge in [-0.05, 0) is 11.1 Å². The van der Waals surface area contributed by atoms with Gasteiger partial charge in [0.2, 0.25) is 11.8 Å². The number of benzene rings is 2. The van der Waals surface area contributed by atoms with Crippen molar-refractivity contribution in [3.8, 4) is 0 Å². The summed E-state index contributed by atoms with van der Waals surface area (Å²) in [5.41, 5.74) is 2.07.